The standard InChI is InChI=1S/C17H27Cl.H3N/c1-4-5-6-7-8-9-10-16-11-12-17(13-18)15(3)14(16)2;/h11-12H,4-10,13H2,1-3H3;1H3. The normalized spacial score (nSPS) is 10.3. The summed E-state index contributed by atoms with van der Waals surface area (Å²) < 4.78 is 0. The predicted molar refractivity (Wildman–Crippen MR) is 87.6 cm³/mol. The van der Waals surface area contributed by atoms with Gasteiger partial charge in [0, 0.05) is 5.88 Å². The average Bonchev–Trinajstić information content (AvgIpc) is 2.38. The number of benzene rings is 1. The molecule has 0 aliphatic heterocycles. The van der Waals surface area contributed by atoms with Crippen LogP contribution in [0.5, 0.6) is 0 Å². The van der Waals surface area contributed by atoms with Crippen molar-refractivity contribution in [2.24, 2.45) is 0 Å². The third-order valence-corrected chi connectivity index (χ3v) is 4.24. The van der Waals surface area contributed by atoms with E-state index in [1.54, 1.807) is 0 Å². The summed E-state index contributed by atoms with van der Waals surface area (Å²) in [6.07, 6.45) is 9.44. The average molecular weight is 284 g/mol. The minimum Gasteiger partial charge on any atom is -0.344 e. The Kier molecular flexibility index (Phi) is 9.99. The van der Waals surface area contributed by atoms with Crippen molar-refractivity contribution in [2.75, 3.05) is 0 Å². The molecule has 0 aromatic heterocycles. The molecule has 0 amide bonds. The number of halogens is 1. The second-order valence-electron chi connectivity index (χ2n) is 5.29. The highest BCUT2D eigenvalue weighted by molar-refractivity contribution is 6.17. The molecule has 0 spiro atoms. The summed E-state index contributed by atoms with van der Waals surface area (Å²) in [6.45, 7) is 6.69. The van der Waals surface area contributed by atoms with Crippen LogP contribution in [0.2, 0.25) is 0 Å². The second kappa shape index (κ2) is 10.3. The van der Waals surface area contributed by atoms with Crippen molar-refractivity contribution in [2.45, 2.75) is 71.6 Å². The largest absolute Gasteiger partial charge is 0.344 e. The van der Waals surface area contributed by atoms with Crippen molar-refractivity contribution < 1.29 is 0 Å². The molecule has 0 aliphatic carbocycles. The first-order chi connectivity index (χ1) is 8.70. The second-order valence-corrected chi connectivity index (χ2v) is 5.55. The van der Waals surface area contributed by atoms with Crippen LogP contribution in [0.15, 0.2) is 12.1 Å². The van der Waals surface area contributed by atoms with E-state index in [9.17, 15) is 0 Å². The molecule has 2 heteroatoms. The Hall–Kier alpha value is -0.530. The van der Waals surface area contributed by atoms with Crippen molar-refractivity contribution in [1.82, 2.24) is 6.15 Å². The van der Waals surface area contributed by atoms with Gasteiger partial charge in [-0.3, -0.25) is 0 Å². The Bertz CT molecular complexity index is 361. The Morgan fingerprint density at radius 2 is 1.37 bits per heavy atom. The molecule has 0 fully saturated rings. The number of aryl methyl sites for hydroxylation is 1. The third-order valence-electron chi connectivity index (χ3n) is 3.96. The van der Waals surface area contributed by atoms with Crippen LogP contribution in [0.25, 0.3) is 0 Å². The third kappa shape index (κ3) is 5.97. The summed E-state index contributed by atoms with van der Waals surface area (Å²) in [6, 6.07) is 4.47. The number of hydrogen-bond acceptors (Lipinski definition) is 1. The van der Waals surface area contributed by atoms with E-state index in [2.05, 4.69) is 32.9 Å². The summed E-state index contributed by atoms with van der Waals surface area (Å²) in [7, 11) is 0. The molecule has 1 nitrogen and oxygen atoms in total. The number of rotatable bonds is 8. The molecule has 1 rings (SSSR count). The van der Waals surface area contributed by atoms with Crippen LogP contribution in [0.3, 0.4) is 0 Å². The molecule has 3 N–H and O–H groups in total. The molecular formula is C17H30ClN. The van der Waals surface area contributed by atoms with Crippen LogP contribution < -0.4 is 6.15 Å². The first kappa shape index (κ1) is 18.5. The van der Waals surface area contributed by atoms with E-state index in [0.717, 1.165) is 0 Å². The first-order valence-electron chi connectivity index (χ1n) is 7.34. The van der Waals surface area contributed by atoms with E-state index in [0.29, 0.717) is 5.88 Å². The highest BCUT2D eigenvalue weighted by Gasteiger charge is 2.05. The molecule has 0 aliphatic rings. The van der Waals surface area contributed by atoms with Crippen LogP contribution in [0, 0.1) is 13.8 Å². The number of unbranched alkanes of at least 4 members (excludes halogenated alkanes) is 5. The molecule has 0 saturated carbocycles. The molecule has 0 heterocycles. The Balaban J connectivity index is 0.00000324. The molecule has 1 aromatic rings. The maximum absolute atomic E-state index is 5.93. The molecule has 0 radical (unpaired) electrons. The van der Waals surface area contributed by atoms with Crippen LogP contribution in [-0.2, 0) is 12.3 Å². The van der Waals surface area contributed by atoms with Crippen molar-refractivity contribution in [1.29, 1.82) is 0 Å². The van der Waals surface area contributed by atoms with Gasteiger partial charge in [-0.1, -0.05) is 51.2 Å². The highest BCUT2D eigenvalue weighted by atomic mass is 35.5. The van der Waals surface area contributed by atoms with E-state index >= 15 is 0 Å². The summed E-state index contributed by atoms with van der Waals surface area (Å²) in [5.41, 5.74) is 5.62. The lowest BCUT2D eigenvalue weighted by atomic mass is 9.95. The maximum atomic E-state index is 5.93. The van der Waals surface area contributed by atoms with Crippen molar-refractivity contribution in [3.63, 3.8) is 0 Å². The first-order valence-corrected chi connectivity index (χ1v) is 7.88. The zero-order valence-electron chi connectivity index (χ0n) is 12.9. The van der Waals surface area contributed by atoms with Gasteiger partial charge in [-0.15, -0.1) is 11.6 Å². The van der Waals surface area contributed by atoms with E-state index in [4.69, 9.17) is 11.6 Å². The highest BCUT2D eigenvalue weighted by Crippen LogP contribution is 2.21. The summed E-state index contributed by atoms with van der Waals surface area (Å²) >= 11 is 5.93. The molecule has 19 heavy (non-hydrogen) atoms. The van der Waals surface area contributed by atoms with E-state index in [1.807, 2.05) is 0 Å². The summed E-state index contributed by atoms with van der Waals surface area (Å²) in [4.78, 5) is 0. The number of alkyl halides is 1. The van der Waals surface area contributed by atoms with Crippen LogP contribution >= 0.6 is 11.6 Å². The summed E-state index contributed by atoms with van der Waals surface area (Å²) in [5, 5.41) is 0. The van der Waals surface area contributed by atoms with Crippen LogP contribution in [0.1, 0.15) is 67.7 Å². The minimum atomic E-state index is 0. The van der Waals surface area contributed by atoms with Gasteiger partial charge in [-0.2, -0.15) is 0 Å². The smallest absolute Gasteiger partial charge is 0.0476 e. The lowest BCUT2D eigenvalue weighted by Gasteiger charge is -2.12. The Morgan fingerprint density at radius 3 is 2.00 bits per heavy atom. The van der Waals surface area contributed by atoms with E-state index < -0.39 is 0 Å². The molecule has 0 unspecified atom stereocenters. The van der Waals surface area contributed by atoms with Crippen LogP contribution in [0.4, 0.5) is 0 Å². The SMILES string of the molecule is CCCCCCCCc1ccc(CCl)c(C)c1C.N. The molecule has 0 atom stereocenters. The maximum Gasteiger partial charge on any atom is 0.0476 e. The molecule has 0 bridgehead atoms. The Morgan fingerprint density at radius 1 is 0.842 bits per heavy atom. The van der Waals surface area contributed by atoms with Crippen LogP contribution in [-0.4, -0.2) is 0 Å². The van der Waals surface area contributed by atoms with Crippen molar-refractivity contribution in [3.8, 4) is 0 Å². The molecular weight excluding hydrogens is 254 g/mol. The molecule has 1 aromatic carbocycles. The quantitative estimate of drug-likeness (QED) is 0.453. The van der Waals surface area contributed by atoms with Crippen molar-refractivity contribution >= 4 is 11.6 Å². The predicted octanol–water partition coefficient (Wildman–Crippen LogP) is 6.11. The van der Waals surface area contributed by atoms with Gasteiger partial charge < -0.3 is 6.15 Å². The fraction of sp³-hybridized carbons (Fsp3) is 0.647. The van der Waals surface area contributed by atoms with Gasteiger partial charge in [-0.05, 0) is 48.9 Å². The Labute approximate surface area is 124 Å². The van der Waals surface area contributed by atoms with Gasteiger partial charge in [0.1, 0.15) is 0 Å². The fourth-order valence-electron chi connectivity index (χ4n) is 2.44. The van der Waals surface area contributed by atoms with Gasteiger partial charge in [0.2, 0.25) is 0 Å². The van der Waals surface area contributed by atoms with Gasteiger partial charge in [0.05, 0.1) is 0 Å². The fourth-order valence-corrected chi connectivity index (χ4v) is 2.73. The van der Waals surface area contributed by atoms with E-state index in [1.165, 1.54) is 67.2 Å². The topological polar surface area (TPSA) is 35.0 Å². The zero-order valence-corrected chi connectivity index (χ0v) is 13.7. The van der Waals surface area contributed by atoms with Gasteiger partial charge in [-0.25, -0.2) is 0 Å². The number of hydrogen-bond donors (Lipinski definition) is 1. The zero-order chi connectivity index (χ0) is 13.4. The van der Waals surface area contributed by atoms with Crippen molar-refractivity contribution in [3.05, 3.63) is 34.4 Å². The van der Waals surface area contributed by atoms with Gasteiger partial charge >= 0.3 is 0 Å². The van der Waals surface area contributed by atoms with Gasteiger partial charge in [0.15, 0.2) is 0 Å². The lowest BCUT2D eigenvalue weighted by molar-refractivity contribution is 0.607. The summed E-state index contributed by atoms with van der Waals surface area (Å²) in [5.74, 6) is 0.629. The monoisotopic (exact) mass is 283 g/mol. The van der Waals surface area contributed by atoms with E-state index in [-0.39, 0.29) is 6.15 Å². The molecule has 110 valence electrons. The minimum absolute atomic E-state index is 0. The lowest BCUT2D eigenvalue weighted by Crippen LogP contribution is -1.96. The molecule has 0 saturated heterocycles. The van der Waals surface area contributed by atoms with Gasteiger partial charge in [0.25, 0.3) is 0 Å².